The first-order valence-electron chi connectivity index (χ1n) is 8.00. The van der Waals surface area contributed by atoms with Gasteiger partial charge in [0.05, 0.1) is 33.3 Å². The minimum atomic E-state index is 0.447. The fourth-order valence-electron chi connectivity index (χ4n) is 3.25. The lowest BCUT2D eigenvalue weighted by Gasteiger charge is -2.37. The van der Waals surface area contributed by atoms with E-state index in [0.29, 0.717) is 11.1 Å². The first-order valence-corrected chi connectivity index (χ1v) is 9.25. The molecule has 0 N–H and O–H groups in total. The Labute approximate surface area is 149 Å². The number of hydrogen-bond donors (Lipinski definition) is 0. The molecular weight excluding hydrogens is 342 g/mol. The third-order valence-corrected chi connectivity index (χ3v) is 5.72. The Hall–Kier alpha value is -1.92. The Morgan fingerprint density at radius 3 is 2.67 bits per heavy atom. The topological polar surface area (TPSA) is 45.2 Å². The molecule has 0 unspecified atom stereocenters. The average molecular weight is 360 g/mol. The van der Waals surface area contributed by atoms with Crippen LogP contribution in [0.15, 0.2) is 36.1 Å². The number of pyridine rings is 1. The molecule has 4 heterocycles. The van der Waals surface area contributed by atoms with Crippen LogP contribution in [-0.2, 0) is 0 Å². The zero-order valence-corrected chi connectivity index (χ0v) is 15.0. The molecule has 0 saturated carbocycles. The average Bonchev–Trinajstić information content (AvgIpc) is 3.11. The van der Waals surface area contributed by atoms with Crippen LogP contribution in [0.1, 0.15) is 12.8 Å². The van der Waals surface area contributed by atoms with E-state index in [1.165, 1.54) is 10.4 Å². The molecular formula is C17H18ClN5S. The quantitative estimate of drug-likeness (QED) is 0.710. The third-order valence-electron chi connectivity index (χ3n) is 4.60. The molecule has 1 aliphatic heterocycles. The lowest BCUT2D eigenvalue weighted by Crippen LogP contribution is -2.44. The number of rotatable bonds is 3. The van der Waals surface area contributed by atoms with Crippen molar-refractivity contribution in [3.05, 3.63) is 41.1 Å². The summed E-state index contributed by atoms with van der Waals surface area (Å²) in [5.74, 6) is 0.738. The fraction of sp³-hybridized carbons (Fsp3) is 0.353. The Kier molecular flexibility index (Phi) is 4.24. The summed E-state index contributed by atoms with van der Waals surface area (Å²) in [6.45, 7) is 2.05. The maximum atomic E-state index is 5.87. The zero-order valence-electron chi connectivity index (χ0n) is 13.4. The standard InChI is InChI=1S/C17H18ClN5S/c1-22(17-20-10-12(18)11-21-17)13-3-7-23(8-4-13)15-2-6-19-14-5-9-24-16(14)15/h2,5-6,9-11,13H,3-4,7-8H2,1H3. The summed E-state index contributed by atoms with van der Waals surface area (Å²) >= 11 is 7.64. The molecule has 0 atom stereocenters. The number of fused-ring (bicyclic) bond motifs is 1. The monoisotopic (exact) mass is 359 g/mol. The van der Waals surface area contributed by atoms with Crippen LogP contribution in [0.5, 0.6) is 0 Å². The van der Waals surface area contributed by atoms with Crippen LogP contribution < -0.4 is 9.80 Å². The van der Waals surface area contributed by atoms with Crippen molar-refractivity contribution in [1.29, 1.82) is 0 Å². The van der Waals surface area contributed by atoms with Gasteiger partial charge >= 0.3 is 0 Å². The third kappa shape index (κ3) is 2.91. The molecule has 4 rings (SSSR count). The van der Waals surface area contributed by atoms with Gasteiger partial charge in [-0.3, -0.25) is 4.98 Å². The predicted octanol–water partition coefficient (Wildman–Crippen LogP) is 3.84. The molecule has 3 aromatic heterocycles. The van der Waals surface area contributed by atoms with Crippen molar-refractivity contribution in [3.8, 4) is 0 Å². The summed E-state index contributed by atoms with van der Waals surface area (Å²) in [7, 11) is 2.06. The van der Waals surface area contributed by atoms with E-state index >= 15 is 0 Å². The largest absolute Gasteiger partial charge is 0.370 e. The summed E-state index contributed by atoms with van der Waals surface area (Å²) in [6, 6.07) is 4.66. The molecule has 0 radical (unpaired) electrons. The smallest absolute Gasteiger partial charge is 0.225 e. The van der Waals surface area contributed by atoms with Crippen LogP contribution >= 0.6 is 22.9 Å². The van der Waals surface area contributed by atoms with Crippen LogP contribution in [0.4, 0.5) is 11.6 Å². The molecule has 0 aromatic carbocycles. The highest BCUT2D eigenvalue weighted by Gasteiger charge is 2.25. The van der Waals surface area contributed by atoms with E-state index in [-0.39, 0.29) is 0 Å². The lowest BCUT2D eigenvalue weighted by molar-refractivity contribution is 0.478. The van der Waals surface area contributed by atoms with Gasteiger partial charge in [0.1, 0.15) is 0 Å². The summed E-state index contributed by atoms with van der Waals surface area (Å²) in [5, 5.41) is 2.68. The highest BCUT2D eigenvalue weighted by Crippen LogP contribution is 2.32. The molecule has 1 fully saturated rings. The minimum Gasteiger partial charge on any atom is -0.370 e. The second-order valence-corrected chi connectivity index (χ2v) is 7.35. The van der Waals surface area contributed by atoms with Gasteiger partial charge in [-0.1, -0.05) is 11.6 Å². The maximum absolute atomic E-state index is 5.87. The van der Waals surface area contributed by atoms with Crippen molar-refractivity contribution in [2.75, 3.05) is 29.9 Å². The zero-order chi connectivity index (χ0) is 16.5. The Morgan fingerprint density at radius 2 is 1.92 bits per heavy atom. The van der Waals surface area contributed by atoms with E-state index in [1.54, 1.807) is 23.7 Å². The summed E-state index contributed by atoms with van der Waals surface area (Å²) in [4.78, 5) is 17.7. The molecule has 7 heteroatoms. The Balaban J connectivity index is 1.47. The van der Waals surface area contributed by atoms with Crippen LogP contribution in [0.2, 0.25) is 5.02 Å². The van der Waals surface area contributed by atoms with Crippen molar-refractivity contribution in [2.45, 2.75) is 18.9 Å². The van der Waals surface area contributed by atoms with E-state index in [1.807, 2.05) is 6.20 Å². The molecule has 124 valence electrons. The van der Waals surface area contributed by atoms with Gasteiger partial charge in [0.25, 0.3) is 0 Å². The number of halogens is 1. The molecule has 0 spiro atoms. The van der Waals surface area contributed by atoms with Crippen molar-refractivity contribution >= 4 is 44.8 Å². The maximum Gasteiger partial charge on any atom is 0.225 e. The molecule has 3 aromatic rings. The Morgan fingerprint density at radius 1 is 1.17 bits per heavy atom. The Bertz CT molecular complexity index is 826. The number of thiophene rings is 1. The number of hydrogen-bond acceptors (Lipinski definition) is 6. The van der Waals surface area contributed by atoms with Gasteiger partial charge in [0, 0.05) is 32.4 Å². The molecule has 0 aliphatic carbocycles. The summed E-state index contributed by atoms with van der Waals surface area (Å²) in [5.41, 5.74) is 2.39. The van der Waals surface area contributed by atoms with E-state index in [9.17, 15) is 0 Å². The van der Waals surface area contributed by atoms with Crippen molar-refractivity contribution in [3.63, 3.8) is 0 Å². The number of piperidine rings is 1. The van der Waals surface area contributed by atoms with Crippen molar-refractivity contribution in [2.24, 2.45) is 0 Å². The second kappa shape index (κ2) is 6.53. The second-order valence-electron chi connectivity index (χ2n) is 6.00. The SMILES string of the molecule is CN(c1ncc(Cl)cn1)C1CCN(c2ccnc3ccsc23)CC1. The summed E-state index contributed by atoms with van der Waals surface area (Å²) < 4.78 is 1.28. The molecule has 24 heavy (non-hydrogen) atoms. The number of aromatic nitrogens is 3. The van der Waals surface area contributed by atoms with Gasteiger partial charge in [-0.2, -0.15) is 0 Å². The predicted molar refractivity (Wildman–Crippen MR) is 100 cm³/mol. The van der Waals surface area contributed by atoms with Gasteiger partial charge in [-0.15, -0.1) is 11.3 Å². The van der Waals surface area contributed by atoms with Crippen LogP contribution in [-0.4, -0.2) is 41.1 Å². The molecule has 1 aliphatic rings. The van der Waals surface area contributed by atoms with E-state index in [0.717, 1.165) is 37.4 Å². The lowest BCUT2D eigenvalue weighted by atomic mass is 10.0. The van der Waals surface area contributed by atoms with E-state index < -0.39 is 0 Å². The fourth-order valence-corrected chi connectivity index (χ4v) is 4.24. The van der Waals surface area contributed by atoms with Gasteiger partial charge in [-0.25, -0.2) is 9.97 Å². The van der Waals surface area contributed by atoms with E-state index in [4.69, 9.17) is 11.6 Å². The van der Waals surface area contributed by atoms with Crippen LogP contribution in [0, 0.1) is 0 Å². The summed E-state index contributed by atoms with van der Waals surface area (Å²) in [6.07, 6.45) is 7.37. The van der Waals surface area contributed by atoms with Crippen molar-refractivity contribution in [1.82, 2.24) is 15.0 Å². The molecule has 0 bridgehead atoms. The van der Waals surface area contributed by atoms with Gasteiger partial charge < -0.3 is 9.80 Å². The molecule has 1 saturated heterocycles. The van der Waals surface area contributed by atoms with E-state index in [2.05, 4.69) is 49.3 Å². The number of anilines is 2. The number of nitrogens with zero attached hydrogens (tertiary/aromatic N) is 5. The normalized spacial score (nSPS) is 15.8. The highest BCUT2D eigenvalue weighted by molar-refractivity contribution is 7.17. The van der Waals surface area contributed by atoms with Gasteiger partial charge in [0.15, 0.2) is 0 Å². The molecule has 5 nitrogen and oxygen atoms in total. The minimum absolute atomic E-state index is 0.447. The first kappa shape index (κ1) is 15.6. The van der Waals surface area contributed by atoms with Gasteiger partial charge in [0.2, 0.25) is 5.95 Å². The van der Waals surface area contributed by atoms with Crippen LogP contribution in [0.3, 0.4) is 0 Å². The molecule has 0 amide bonds. The van der Waals surface area contributed by atoms with Crippen LogP contribution in [0.25, 0.3) is 10.2 Å². The first-order chi connectivity index (χ1) is 11.7. The van der Waals surface area contributed by atoms with Gasteiger partial charge in [-0.05, 0) is 30.4 Å². The van der Waals surface area contributed by atoms with Crippen molar-refractivity contribution < 1.29 is 0 Å². The highest BCUT2D eigenvalue weighted by atomic mass is 35.5.